The van der Waals surface area contributed by atoms with E-state index >= 15 is 0 Å². The van der Waals surface area contributed by atoms with Crippen LogP contribution in [0.25, 0.3) is 5.69 Å². The average molecular weight is 353 g/mol. The number of methoxy groups -OCH3 is 1. The van der Waals surface area contributed by atoms with E-state index in [1.54, 1.807) is 41.0 Å². The molecule has 1 aromatic heterocycles. The van der Waals surface area contributed by atoms with Crippen molar-refractivity contribution in [3.8, 4) is 5.69 Å². The summed E-state index contributed by atoms with van der Waals surface area (Å²) in [5.41, 5.74) is 2.25. The third-order valence-electron chi connectivity index (χ3n) is 3.80. The number of carbonyl (C=O) groups is 2. The Kier molecular flexibility index (Phi) is 5.07. The summed E-state index contributed by atoms with van der Waals surface area (Å²) in [5.74, 6) is -1.08. The van der Waals surface area contributed by atoms with E-state index in [0.29, 0.717) is 16.9 Å². The molecule has 7 heteroatoms. The minimum absolute atomic E-state index is 0.287. The lowest BCUT2D eigenvalue weighted by Crippen LogP contribution is -2.25. The molecule has 0 saturated carbocycles. The normalized spacial score (nSPS) is 10.4. The van der Waals surface area contributed by atoms with Gasteiger partial charge in [-0.15, -0.1) is 0 Å². The number of rotatable bonds is 5. The van der Waals surface area contributed by atoms with Gasteiger partial charge in [0.25, 0.3) is 5.91 Å². The fourth-order valence-electron chi connectivity index (χ4n) is 2.42. The minimum Gasteiger partial charge on any atom is -0.465 e. The van der Waals surface area contributed by atoms with Crippen LogP contribution in [0, 0.1) is 5.82 Å². The van der Waals surface area contributed by atoms with Crippen molar-refractivity contribution in [1.82, 2.24) is 14.9 Å². The molecule has 0 saturated heterocycles. The average Bonchev–Trinajstić information content (AvgIpc) is 3.16. The smallest absolute Gasteiger partial charge is 0.337 e. The van der Waals surface area contributed by atoms with Crippen LogP contribution >= 0.6 is 0 Å². The van der Waals surface area contributed by atoms with E-state index in [4.69, 9.17) is 0 Å². The predicted molar refractivity (Wildman–Crippen MR) is 92.5 cm³/mol. The molecule has 0 radical (unpaired) electrons. The summed E-state index contributed by atoms with van der Waals surface area (Å²) >= 11 is 0. The van der Waals surface area contributed by atoms with Gasteiger partial charge in [-0.2, -0.15) is 0 Å². The number of benzene rings is 2. The second-order valence-corrected chi connectivity index (χ2v) is 5.50. The molecule has 3 aromatic rings. The molecule has 0 aliphatic carbocycles. The molecule has 0 fully saturated rings. The van der Waals surface area contributed by atoms with Gasteiger partial charge >= 0.3 is 5.97 Å². The van der Waals surface area contributed by atoms with E-state index in [0.717, 1.165) is 5.56 Å². The fraction of sp³-hybridized carbons (Fsp3) is 0.105. The van der Waals surface area contributed by atoms with Crippen LogP contribution in [0.15, 0.2) is 61.1 Å². The highest BCUT2D eigenvalue weighted by Gasteiger charge is 2.13. The Morgan fingerprint density at radius 3 is 2.46 bits per heavy atom. The first-order valence-corrected chi connectivity index (χ1v) is 7.82. The zero-order valence-corrected chi connectivity index (χ0v) is 14.0. The number of hydrogen-bond donors (Lipinski definition) is 1. The van der Waals surface area contributed by atoms with Gasteiger partial charge in [0.15, 0.2) is 0 Å². The summed E-state index contributed by atoms with van der Waals surface area (Å²) < 4.78 is 19.3. The summed E-state index contributed by atoms with van der Waals surface area (Å²) in [6.07, 6.45) is 2.94. The predicted octanol–water partition coefficient (Wildman–Crippen LogP) is 2.73. The van der Waals surface area contributed by atoms with Gasteiger partial charge in [-0.25, -0.2) is 14.2 Å². The van der Waals surface area contributed by atoms with Crippen LogP contribution in [0.2, 0.25) is 0 Å². The van der Waals surface area contributed by atoms with Crippen molar-refractivity contribution >= 4 is 11.9 Å². The first kappa shape index (κ1) is 17.3. The third-order valence-corrected chi connectivity index (χ3v) is 3.80. The van der Waals surface area contributed by atoms with E-state index in [1.807, 2.05) is 0 Å². The molecule has 1 heterocycles. The maximum absolute atomic E-state index is 13.1. The Morgan fingerprint density at radius 1 is 1.12 bits per heavy atom. The van der Waals surface area contributed by atoms with E-state index in [1.165, 1.54) is 31.8 Å². The Balaban J connectivity index is 1.69. The van der Waals surface area contributed by atoms with E-state index < -0.39 is 5.97 Å². The van der Waals surface area contributed by atoms with Crippen molar-refractivity contribution in [2.24, 2.45) is 0 Å². The molecule has 0 aliphatic heterocycles. The molecule has 0 bridgehead atoms. The molecule has 2 aromatic carbocycles. The molecule has 0 atom stereocenters. The monoisotopic (exact) mass is 353 g/mol. The molecule has 1 N–H and O–H groups in total. The molecule has 0 unspecified atom stereocenters. The van der Waals surface area contributed by atoms with Crippen molar-refractivity contribution < 1.29 is 18.7 Å². The van der Waals surface area contributed by atoms with E-state index in [2.05, 4.69) is 15.0 Å². The van der Waals surface area contributed by atoms with Crippen molar-refractivity contribution in [2.75, 3.05) is 7.11 Å². The molecule has 0 aliphatic rings. The number of halogens is 1. The fourth-order valence-corrected chi connectivity index (χ4v) is 2.42. The maximum atomic E-state index is 13.1. The Bertz CT molecular complexity index is 918. The summed E-state index contributed by atoms with van der Waals surface area (Å²) in [6.45, 7) is 0.287. The largest absolute Gasteiger partial charge is 0.465 e. The number of ether oxygens (including phenoxy) is 1. The SMILES string of the molecule is COC(=O)c1ccc(CNC(=O)c2cncn2-c2ccc(F)cc2)cc1. The number of imidazole rings is 1. The van der Waals surface area contributed by atoms with Crippen LogP contribution in [-0.2, 0) is 11.3 Å². The Labute approximate surface area is 149 Å². The summed E-state index contributed by atoms with van der Waals surface area (Å²) in [6, 6.07) is 12.5. The van der Waals surface area contributed by atoms with Crippen LogP contribution in [0.5, 0.6) is 0 Å². The van der Waals surface area contributed by atoms with Crippen LogP contribution in [-0.4, -0.2) is 28.5 Å². The van der Waals surface area contributed by atoms with Gasteiger partial charge in [0.1, 0.15) is 11.5 Å². The van der Waals surface area contributed by atoms with Crippen molar-refractivity contribution in [3.05, 3.63) is 83.7 Å². The van der Waals surface area contributed by atoms with E-state index in [-0.39, 0.29) is 18.3 Å². The van der Waals surface area contributed by atoms with Crippen LogP contribution < -0.4 is 5.32 Å². The molecular weight excluding hydrogens is 337 g/mol. The molecule has 6 nitrogen and oxygen atoms in total. The van der Waals surface area contributed by atoms with Gasteiger partial charge in [-0.3, -0.25) is 9.36 Å². The lowest BCUT2D eigenvalue weighted by molar-refractivity contribution is 0.0600. The summed E-state index contributed by atoms with van der Waals surface area (Å²) in [5, 5.41) is 2.80. The number of esters is 1. The number of amides is 1. The van der Waals surface area contributed by atoms with Crippen molar-refractivity contribution in [1.29, 1.82) is 0 Å². The third kappa shape index (κ3) is 3.77. The second-order valence-electron chi connectivity index (χ2n) is 5.50. The number of nitrogens with zero attached hydrogens (tertiary/aromatic N) is 2. The molecule has 26 heavy (non-hydrogen) atoms. The standard InChI is InChI=1S/C19H16FN3O3/c1-26-19(25)14-4-2-13(3-5-14)10-22-18(24)17-11-21-12-23(17)16-8-6-15(20)7-9-16/h2-9,11-12H,10H2,1H3,(H,22,24). The van der Waals surface area contributed by atoms with Gasteiger partial charge in [0.2, 0.25) is 0 Å². The van der Waals surface area contributed by atoms with Gasteiger partial charge < -0.3 is 10.1 Å². The van der Waals surface area contributed by atoms with Crippen LogP contribution in [0.4, 0.5) is 4.39 Å². The number of aromatic nitrogens is 2. The maximum Gasteiger partial charge on any atom is 0.337 e. The highest BCUT2D eigenvalue weighted by molar-refractivity contribution is 5.93. The first-order chi connectivity index (χ1) is 12.6. The summed E-state index contributed by atoms with van der Waals surface area (Å²) in [7, 11) is 1.32. The molecule has 3 rings (SSSR count). The molecular formula is C19H16FN3O3. The molecule has 132 valence electrons. The van der Waals surface area contributed by atoms with E-state index in [9.17, 15) is 14.0 Å². The topological polar surface area (TPSA) is 73.2 Å². The quantitative estimate of drug-likeness (QED) is 0.716. The molecule has 0 spiro atoms. The molecule has 1 amide bonds. The van der Waals surface area contributed by atoms with Gasteiger partial charge in [-0.1, -0.05) is 12.1 Å². The van der Waals surface area contributed by atoms with Crippen LogP contribution in [0.1, 0.15) is 26.4 Å². The van der Waals surface area contributed by atoms with Crippen molar-refractivity contribution in [2.45, 2.75) is 6.54 Å². The highest BCUT2D eigenvalue weighted by atomic mass is 19.1. The lowest BCUT2D eigenvalue weighted by atomic mass is 10.1. The number of hydrogen-bond acceptors (Lipinski definition) is 4. The second kappa shape index (κ2) is 7.60. The zero-order chi connectivity index (χ0) is 18.5. The number of carbonyl (C=O) groups excluding carboxylic acids is 2. The van der Waals surface area contributed by atoms with Crippen LogP contribution in [0.3, 0.4) is 0 Å². The minimum atomic E-state index is -0.413. The lowest BCUT2D eigenvalue weighted by Gasteiger charge is -2.09. The van der Waals surface area contributed by atoms with Crippen molar-refractivity contribution in [3.63, 3.8) is 0 Å². The van der Waals surface area contributed by atoms with Gasteiger partial charge in [0, 0.05) is 12.2 Å². The zero-order valence-electron chi connectivity index (χ0n) is 14.0. The first-order valence-electron chi connectivity index (χ1n) is 7.82. The van der Waals surface area contributed by atoms with Gasteiger partial charge in [0.05, 0.1) is 25.2 Å². The number of nitrogens with one attached hydrogen (secondary N) is 1. The Morgan fingerprint density at radius 2 is 1.81 bits per heavy atom. The highest BCUT2D eigenvalue weighted by Crippen LogP contribution is 2.12. The van der Waals surface area contributed by atoms with Gasteiger partial charge in [-0.05, 0) is 42.0 Å². The summed E-state index contributed by atoms with van der Waals surface area (Å²) in [4.78, 5) is 27.9. The Hall–Kier alpha value is -3.48.